The lowest BCUT2D eigenvalue weighted by Gasteiger charge is -2.20. The molecule has 0 atom stereocenters. The molecule has 0 aliphatic heterocycles. The molecule has 1 fully saturated rings. The second-order valence-corrected chi connectivity index (χ2v) is 10.8. The van der Waals surface area contributed by atoms with Gasteiger partial charge in [-0.15, -0.1) is 0 Å². The van der Waals surface area contributed by atoms with Crippen LogP contribution < -0.4 is 15.4 Å². The zero-order chi connectivity index (χ0) is 25.8. The van der Waals surface area contributed by atoms with Gasteiger partial charge in [0.15, 0.2) is 0 Å². The molecule has 2 aromatic rings. The number of carbonyl (C=O) groups is 2. The van der Waals surface area contributed by atoms with E-state index in [0.717, 1.165) is 25.8 Å². The van der Waals surface area contributed by atoms with Crippen LogP contribution in [0.2, 0.25) is 0 Å². The molecule has 1 saturated carbocycles. The van der Waals surface area contributed by atoms with Crippen LogP contribution in [0.4, 0.5) is 4.39 Å². The Hall–Kier alpha value is -2.93. The minimum atomic E-state index is -0.450. The van der Waals surface area contributed by atoms with Crippen molar-refractivity contribution < 1.29 is 18.7 Å². The lowest BCUT2D eigenvalue weighted by atomic mass is 9.95. The molecule has 35 heavy (non-hydrogen) atoms. The predicted molar refractivity (Wildman–Crippen MR) is 138 cm³/mol. The summed E-state index contributed by atoms with van der Waals surface area (Å²) >= 11 is 0. The topological polar surface area (TPSA) is 70.7 Å². The maximum Gasteiger partial charge on any atom is 0.251 e. The lowest BCUT2D eigenvalue weighted by Crippen LogP contribution is -2.32. The summed E-state index contributed by atoms with van der Waals surface area (Å²) in [6, 6.07) is 8.36. The number of halogens is 1. The molecule has 0 aromatic heterocycles. The second kappa shape index (κ2) is 11.2. The first-order chi connectivity index (χ1) is 16.4. The van der Waals surface area contributed by atoms with E-state index in [2.05, 4.69) is 36.3 Å². The van der Waals surface area contributed by atoms with E-state index in [-0.39, 0.29) is 28.8 Å². The smallest absolute Gasteiger partial charge is 0.251 e. The predicted octanol–water partition coefficient (Wildman–Crippen LogP) is 4.80. The van der Waals surface area contributed by atoms with Gasteiger partial charge in [-0.25, -0.2) is 4.39 Å². The molecule has 190 valence electrons. The molecule has 7 heteroatoms. The monoisotopic (exact) mass is 483 g/mol. The van der Waals surface area contributed by atoms with Crippen LogP contribution in [0.15, 0.2) is 30.3 Å². The summed E-state index contributed by atoms with van der Waals surface area (Å²) in [4.78, 5) is 27.5. The van der Waals surface area contributed by atoms with Gasteiger partial charge in [0.1, 0.15) is 11.6 Å². The fourth-order valence-electron chi connectivity index (χ4n) is 3.60. The van der Waals surface area contributed by atoms with E-state index in [9.17, 15) is 14.0 Å². The van der Waals surface area contributed by atoms with E-state index in [1.807, 2.05) is 14.1 Å². The zero-order valence-corrected chi connectivity index (χ0v) is 21.8. The van der Waals surface area contributed by atoms with Crippen molar-refractivity contribution >= 4 is 11.8 Å². The SMILES string of the molecule is Cc1c(F)cc(C(=O)NC2CC2)cc1-c1ccc(C(=O)NCC(C)(C)C)cc1OCCCN(C)C. The fourth-order valence-corrected chi connectivity index (χ4v) is 3.60. The van der Waals surface area contributed by atoms with E-state index >= 15 is 0 Å². The van der Waals surface area contributed by atoms with Crippen molar-refractivity contribution in [2.75, 3.05) is 33.8 Å². The molecule has 2 N–H and O–H groups in total. The molecule has 1 aliphatic rings. The van der Waals surface area contributed by atoms with Crippen molar-refractivity contribution in [1.82, 2.24) is 15.5 Å². The first-order valence-corrected chi connectivity index (χ1v) is 12.3. The van der Waals surface area contributed by atoms with Crippen LogP contribution in [0.3, 0.4) is 0 Å². The molecule has 1 aliphatic carbocycles. The van der Waals surface area contributed by atoms with Crippen LogP contribution in [0.25, 0.3) is 11.1 Å². The molecule has 6 nitrogen and oxygen atoms in total. The van der Waals surface area contributed by atoms with E-state index < -0.39 is 5.82 Å². The Labute approximate surface area is 208 Å². The first kappa shape index (κ1) is 26.7. The Morgan fingerprint density at radius 3 is 2.40 bits per heavy atom. The number of hydrogen-bond acceptors (Lipinski definition) is 4. The molecule has 0 bridgehead atoms. The summed E-state index contributed by atoms with van der Waals surface area (Å²) in [7, 11) is 3.99. The maximum atomic E-state index is 14.9. The van der Waals surface area contributed by atoms with Gasteiger partial charge in [0.25, 0.3) is 11.8 Å². The number of carbonyl (C=O) groups excluding carboxylic acids is 2. The van der Waals surface area contributed by atoms with Crippen LogP contribution in [0, 0.1) is 18.2 Å². The average molecular weight is 484 g/mol. The van der Waals surface area contributed by atoms with Gasteiger partial charge < -0.3 is 20.3 Å². The van der Waals surface area contributed by atoms with Crippen LogP contribution in [-0.2, 0) is 0 Å². The third kappa shape index (κ3) is 7.79. The minimum absolute atomic E-state index is 0.0444. The van der Waals surface area contributed by atoms with Crippen molar-refractivity contribution in [3.63, 3.8) is 0 Å². The van der Waals surface area contributed by atoms with Crippen molar-refractivity contribution in [1.29, 1.82) is 0 Å². The van der Waals surface area contributed by atoms with Gasteiger partial charge in [0.05, 0.1) is 6.61 Å². The zero-order valence-electron chi connectivity index (χ0n) is 21.8. The molecule has 2 aromatic carbocycles. The summed E-state index contributed by atoms with van der Waals surface area (Å²) in [5, 5.41) is 5.88. The standard InChI is InChI=1S/C28H38FN3O3/c1-18-23(14-20(15-24(18)29)27(34)31-21-9-10-21)22-11-8-19(26(33)30-17-28(2,3)4)16-25(22)35-13-7-12-32(5)6/h8,11,14-16,21H,7,9-10,12-13,17H2,1-6H3,(H,30,33)(H,31,34). The van der Waals surface area contributed by atoms with Crippen LogP contribution in [0.1, 0.15) is 66.3 Å². The van der Waals surface area contributed by atoms with Crippen molar-refractivity contribution in [3.8, 4) is 16.9 Å². The van der Waals surface area contributed by atoms with Gasteiger partial charge in [0.2, 0.25) is 0 Å². The Kier molecular flexibility index (Phi) is 8.54. The van der Waals surface area contributed by atoms with E-state index in [4.69, 9.17) is 4.74 Å². The van der Waals surface area contributed by atoms with Gasteiger partial charge in [-0.3, -0.25) is 9.59 Å². The van der Waals surface area contributed by atoms with Gasteiger partial charge >= 0.3 is 0 Å². The number of hydrogen-bond donors (Lipinski definition) is 2. The van der Waals surface area contributed by atoms with Crippen LogP contribution in [0.5, 0.6) is 5.75 Å². The average Bonchev–Trinajstić information content (AvgIpc) is 3.60. The fraction of sp³-hybridized carbons (Fsp3) is 0.500. The highest BCUT2D eigenvalue weighted by Gasteiger charge is 2.25. The van der Waals surface area contributed by atoms with Gasteiger partial charge in [-0.05, 0) is 87.2 Å². The normalized spacial score (nSPS) is 13.6. The van der Waals surface area contributed by atoms with E-state index in [0.29, 0.717) is 41.2 Å². The molecule has 0 saturated heterocycles. The molecule has 0 unspecified atom stereocenters. The third-order valence-corrected chi connectivity index (χ3v) is 5.84. The summed E-state index contributed by atoms with van der Waals surface area (Å²) < 4.78 is 21.0. The summed E-state index contributed by atoms with van der Waals surface area (Å²) in [6.07, 6.45) is 2.71. The molecule has 0 heterocycles. The van der Waals surface area contributed by atoms with E-state index in [1.54, 1.807) is 31.2 Å². The number of benzene rings is 2. The Balaban J connectivity index is 1.95. The lowest BCUT2D eigenvalue weighted by molar-refractivity contribution is 0.0935. The molecular formula is C28H38FN3O3. The Morgan fingerprint density at radius 2 is 1.77 bits per heavy atom. The Morgan fingerprint density at radius 1 is 1.06 bits per heavy atom. The molecule has 0 radical (unpaired) electrons. The molecule has 2 amide bonds. The highest BCUT2D eigenvalue weighted by Crippen LogP contribution is 2.35. The van der Waals surface area contributed by atoms with Gasteiger partial charge in [0, 0.05) is 35.8 Å². The number of rotatable bonds is 10. The largest absolute Gasteiger partial charge is 0.493 e. The van der Waals surface area contributed by atoms with Crippen molar-refractivity contribution in [2.45, 2.75) is 53.0 Å². The highest BCUT2D eigenvalue weighted by molar-refractivity contribution is 5.98. The number of nitrogens with one attached hydrogen (secondary N) is 2. The number of nitrogens with zero attached hydrogens (tertiary/aromatic N) is 1. The van der Waals surface area contributed by atoms with Gasteiger partial charge in [-0.2, -0.15) is 0 Å². The summed E-state index contributed by atoms with van der Waals surface area (Å²) in [5.41, 5.74) is 2.37. The molecule has 0 spiro atoms. The Bertz CT molecular complexity index is 1070. The van der Waals surface area contributed by atoms with Gasteiger partial charge in [-0.1, -0.05) is 20.8 Å². The molecular weight excluding hydrogens is 445 g/mol. The van der Waals surface area contributed by atoms with Crippen LogP contribution in [-0.4, -0.2) is 56.5 Å². The highest BCUT2D eigenvalue weighted by atomic mass is 19.1. The first-order valence-electron chi connectivity index (χ1n) is 12.3. The minimum Gasteiger partial charge on any atom is -0.493 e. The van der Waals surface area contributed by atoms with Crippen LogP contribution >= 0.6 is 0 Å². The maximum absolute atomic E-state index is 14.9. The van der Waals surface area contributed by atoms with E-state index in [1.165, 1.54) is 6.07 Å². The second-order valence-electron chi connectivity index (χ2n) is 10.8. The third-order valence-electron chi connectivity index (χ3n) is 5.84. The summed E-state index contributed by atoms with van der Waals surface area (Å²) in [6.45, 7) is 9.69. The van der Waals surface area contributed by atoms with Crippen molar-refractivity contribution in [3.05, 3.63) is 52.8 Å². The molecule has 3 rings (SSSR count). The summed E-state index contributed by atoms with van der Waals surface area (Å²) in [5.74, 6) is -0.423. The number of ether oxygens (including phenoxy) is 1. The van der Waals surface area contributed by atoms with Crippen molar-refractivity contribution in [2.24, 2.45) is 5.41 Å². The quantitative estimate of drug-likeness (QED) is 0.476. The number of amides is 2.